The van der Waals surface area contributed by atoms with Gasteiger partial charge in [-0.25, -0.2) is 0 Å². The number of anilines is 1. The predicted octanol–water partition coefficient (Wildman–Crippen LogP) is 4.20. The number of amides is 1. The maximum Gasteiger partial charge on any atom is 0.287 e. The molecule has 132 valence electrons. The molecular formula is C22H22N2O2. The van der Waals surface area contributed by atoms with Crippen LogP contribution in [0.25, 0.3) is 11.1 Å². The lowest BCUT2D eigenvalue weighted by molar-refractivity contribution is 0.0921. The lowest BCUT2D eigenvalue weighted by Crippen LogP contribution is -2.31. The van der Waals surface area contributed by atoms with Gasteiger partial charge in [0.2, 0.25) is 0 Å². The Labute approximate surface area is 153 Å². The van der Waals surface area contributed by atoms with Crippen molar-refractivity contribution in [1.29, 1.82) is 0 Å². The molecule has 2 aromatic carbocycles. The second kappa shape index (κ2) is 7.48. The van der Waals surface area contributed by atoms with Crippen LogP contribution in [0.2, 0.25) is 0 Å². The van der Waals surface area contributed by atoms with Crippen molar-refractivity contribution < 1.29 is 9.21 Å². The number of hydrogen-bond donors (Lipinski definition) is 1. The van der Waals surface area contributed by atoms with Crippen LogP contribution in [0, 0.1) is 5.92 Å². The quantitative estimate of drug-likeness (QED) is 0.753. The number of furan rings is 1. The van der Waals surface area contributed by atoms with E-state index in [4.69, 9.17) is 4.42 Å². The van der Waals surface area contributed by atoms with Crippen LogP contribution in [0.4, 0.5) is 5.69 Å². The van der Waals surface area contributed by atoms with E-state index in [0.29, 0.717) is 18.2 Å². The monoisotopic (exact) mass is 346 g/mol. The third-order valence-corrected chi connectivity index (χ3v) is 4.91. The summed E-state index contributed by atoms with van der Waals surface area (Å²) in [5, 5.41) is 3.05. The minimum atomic E-state index is -0.146. The summed E-state index contributed by atoms with van der Waals surface area (Å²) >= 11 is 0. The Hall–Kier alpha value is -3.01. The summed E-state index contributed by atoms with van der Waals surface area (Å²) in [5.74, 6) is 0.690. The Morgan fingerprint density at radius 2 is 1.77 bits per heavy atom. The van der Waals surface area contributed by atoms with Crippen LogP contribution in [0.5, 0.6) is 0 Å². The van der Waals surface area contributed by atoms with Gasteiger partial charge in [0.1, 0.15) is 0 Å². The van der Waals surface area contributed by atoms with Crippen molar-refractivity contribution in [1.82, 2.24) is 5.32 Å². The van der Waals surface area contributed by atoms with E-state index in [1.165, 1.54) is 5.69 Å². The molecule has 2 heterocycles. The minimum Gasteiger partial charge on any atom is -0.459 e. The van der Waals surface area contributed by atoms with Gasteiger partial charge in [0.15, 0.2) is 5.76 Å². The maximum absolute atomic E-state index is 12.6. The molecule has 1 saturated heterocycles. The van der Waals surface area contributed by atoms with Crippen LogP contribution < -0.4 is 10.2 Å². The third kappa shape index (κ3) is 3.49. The fourth-order valence-electron chi connectivity index (χ4n) is 3.52. The second-order valence-electron chi connectivity index (χ2n) is 6.68. The van der Waals surface area contributed by atoms with Gasteiger partial charge in [0.05, 0.1) is 6.26 Å². The average Bonchev–Trinajstić information content (AvgIpc) is 3.37. The summed E-state index contributed by atoms with van der Waals surface area (Å²) in [4.78, 5) is 15.0. The van der Waals surface area contributed by atoms with Gasteiger partial charge >= 0.3 is 0 Å². The molecule has 1 aliphatic rings. The lowest BCUT2D eigenvalue weighted by atomic mass is 10.1. The maximum atomic E-state index is 12.6. The van der Waals surface area contributed by atoms with Gasteiger partial charge in [0.25, 0.3) is 5.91 Å². The average molecular weight is 346 g/mol. The Bertz CT molecular complexity index is 858. The zero-order valence-corrected chi connectivity index (χ0v) is 14.6. The molecule has 0 spiro atoms. The van der Waals surface area contributed by atoms with E-state index < -0.39 is 0 Å². The van der Waals surface area contributed by atoms with Crippen molar-refractivity contribution >= 4 is 11.6 Å². The van der Waals surface area contributed by atoms with Gasteiger partial charge in [-0.15, -0.1) is 0 Å². The molecular weight excluding hydrogens is 324 g/mol. The number of carbonyl (C=O) groups excluding carboxylic acids is 1. The van der Waals surface area contributed by atoms with Crippen LogP contribution in [0.1, 0.15) is 17.0 Å². The molecule has 0 bridgehead atoms. The Balaban J connectivity index is 1.36. The molecule has 1 amide bonds. The van der Waals surface area contributed by atoms with Crippen LogP contribution in [-0.4, -0.2) is 25.5 Å². The van der Waals surface area contributed by atoms with Gasteiger partial charge in [-0.3, -0.25) is 4.79 Å². The molecule has 1 unspecified atom stereocenters. The topological polar surface area (TPSA) is 45.5 Å². The van der Waals surface area contributed by atoms with E-state index in [0.717, 1.165) is 30.6 Å². The van der Waals surface area contributed by atoms with Gasteiger partial charge in [-0.1, -0.05) is 48.5 Å². The molecule has 1 atom stereocenters. The van der Waals surface area contributed by atoms with Crippen molar-refractivity contribution in [3.8, 4) is 11.1 Å². The fourth-order valence-corrected chi connectivity index (χ4v) is 3.52. The highest BCUT2D eigenvalue weighted by Crippen LogP contribution is 2.25. The number of nitrogens with zero attached hydrogens (tertiary/aromatic N) is 1. The van der Waals surface area contributed by atoms with Crippen molar-refractivity contribution in [3.63, 3.8) is 0 Å². The molecule has 1 aliphatic heterocycles. The largest absolute Gasteiger partial charge is 0.459 e. The van der Waals surface area contributed by atoms with E-state index >= 15 is 0 Å². The molecule has 0 saturated carbocycles. The van der Waals surface area contributed by atoms with Crippen LogP contribution in [0.15, 0.2) is 77.4 Å². The zero-order valence-electron chi connectivity index (χ0n) is 14.6. The summed E-state index contributed by atoms with van der Waals surface area (Å²) < 4.78 is 5.46. The van der Waals surface area contributed by atoms with E-state index in [9.17, 15) is 4.79 Å². The molecule has 1 aromatic heterocycles. The standard InChI is InChI=1S/C22H22N2O2/c25-22(21-20(12-14-26-21)18-7-3-1-4-8-18)23-15-17-11-13-24(16-17)19-9-5-2-6-10-19/h1-10,12,14,17H,11,13,15-16H2,(H,23,25). The molecule has 4 nitrogen and oxygen atoms in total. The highest BCUT2D eigenvalue weighted by Gasteiger charge is 2.24. The second-order valence-corrected chi connectivity index (χ2v) is 6.68. The number of para-hydroxylation sites is 1. The zero-order chi connectivity index (χ0) is 17.8. The van der Waals surface area contributed by atoms with Crippen molar-refractivity contribution in [2.75, 3.05) is 24.5 Å². The molecule has 4 heteroatoms. The normalized spacial score (nSPS) is 16.6. The first-order valence-electron chi connectivity index (χ1n) is 9.02. The van der Waals surface area contributed by atoms with Gasteiger partial charge in [-0.2, -0.15) is 0 Å². The van der Waals surface area contributed by atoms with Crippen LogP contribution in [-0.2, 0) is 0 Å². The van der Waals surface area contributed by atoms with Gasteiger partial charge in [-0.05, 0) is 36.1 Å². The first-order valence-corrected chi connectivity index (χ1v) is 9.02. The Morgan fingerprint density at radius 3 is 2.54 bits per heavy atom. The van der Waals surface area contributed by atoms with E-state index in [-0.39, 0.29) is 5.91 Å². The van der Waals surface area contributed by atoms with E-state index in [2.05, 4.69) is 34.5 Å². The smallest absolute Gasteiger partial charge is 0.287 e. The molecule has 1 fully saturated rings. The summed E-state index contributed by atoms with van der Waals surface area (Å²) in [6.07, 6.45) is 2.66. The summed E-state index contributed by atoms with van der Waals surface area (Å²) in [5.41, 5.74) is 3.07. The Kier molecular flexibility index (Phi) is 4.73. The molecule has 1 N–H and O–H groups in total. The predicted molar refractivity (Wildman–Crippen MR) is 103 cm³/mol. The van der Waals surface area contributed by atoms with Crippen LogP contribution in [0.3, 0.4) is 0 Å². The SMILES string of the molecule is O=C(NCC1CCN(c2ccccc2)C1)c1occc1-c1ccccc1. The summed E-state index contributed by atoms with van der Waals surface area (Å²) in [6.45, 7) is 2.66. The number of benzene rings is 2. The van der Waals surface area contributed by atoms with Crippen LogP contribution >= 0.6 is 0 Å². The minimum absolute atomic E-state index is 0.146. The first kappa shape index (κ1) is 16.5. The summed E-state index contributed by atoms with van der Waals surface area (Å²) in [7, 11) is 0. The molecule has 4 rings (SSSR count). The fraction of sp³-hybridized carbons (Fsp3) is 0.227. The van der Waals surface area contributed by atoms with Crippen molar-refractivity contribution in [2.45, 2.75) is 6.42 Å². The third-order valence-electron chi connectivity index (χ3n) is 4.91. The van der Waals surface area contributed by atoms with Crippen molar-refractivity contribution in [2.24, 2.45) is 5.92 Å². The van der Waals surface area contributed by atoms with E-state index in [1.807, 2.05) is 42.5 Å². The lowest BCUT2D eigenvalue weighted by Gasteiger charge is -2.18. The van der Waals surface area contributed by atoms with Crippen molar-refractivity contribution in [3.05, 3.63) is 78.8 Å². The van der Waals surface area contributed by atoms with Gasteiger partial charge in [0, 0.05) is 30.9 Å². The molecule has 3 aromatic rings. The number of rotatable bonds is 5. The number of carbonyl (C=O) groups is 1. The number of hydrogen-bond acceptors (Lipinski definition) is 3. The molecule has 0 radical (unpaired) electrons. The Morgan fingerprint density at radius 1 is 1.04 bits per heavy atom. The summed E-state index contributed by atoms with van der Waals surface area (Å²) in [6, 6.07) is 22.1. The highest BCUT2D eigenvalue weighted by molar-refractivity contribution is 5.98. The number of nitrogens with one attached hydrogen (secondary N) is 1. The van der Waals surface area contributed by atoms with E-state index in [1.54, 1.807) is 6.26 Å². The highest BCUT2D eigenvalue weighted by atomic mass is 16.3. The van der Waals surface area contributed by atoms with Gasteiger partial charge < -0.3 is 14.6 Å². The molecule has 26 heavy (non-hydrogen) atoms. The molecule has 0 aliphatic carbocycles. The first-order chi connectivity index (χ1) is 12.8.